The number of nitrogens with zero attached hydrogens (tertiary/aromatic N) is 2. The van der Waals surface area contributed by atoms with Crippen LogP contribution in [0.3, 0.4) is 0 Å². The highest BCUT2D eigenvalue weighted by atomic mass is 79.9. The van der Waals surface area contributed by atoms with Gasteiger partial charge in [-0.2, -0.15) is 0 Å². The van der Waals surface area contributed by atoms with Crippen LogP contribution in [0.5, 0.6) is 11.5 Å². The Kier molecular flexibility index (Phi) is 5.77. The first-order chi connectivity index (χ1) is 14.5. The maximum atomic E-state index is 13.8. The topological polar surface area (TPSA) is 114 Å². The van der Waals surface area contributed by atoms with Gasteiger partial charge in [-0.15, -0.1) is 10.2 Å². The van der Waals surface area contributed by atoms with Gasteiger partial charge in [-0.25, -0.2) is 9.18 Å². The predicted molar refractivity (Wildman–Crippen MR) is 110 cm³/mol. The molecule has 12 heteroatoms. The lowest BCUT2D eigenvalue weighted by molar-refractivity contribution is 0.102. The highest BCUT2D eigenvalue weighted by Crippen LogP contribution is 2.34. The molecule has 0 bridgehead atoms. The van der Waals surface area contributed by atoms with Crippen molar-refractivity contribution in [2.24, 2.45) is 0 Å². The molecule has 4 rings (SSSR count). The van der Waals surface area contributed by atoms with Crippen molar-refractivity contribution in [2.45, 2.75) is 6.54 Å². The van der Waals surface area contributed by atoms with Crippen LogP contribution in [0.15, 0.2) is 40.9 Å². The van der Waals surface area contributed by atoms with Crippen molar-refractivity contribution in [3.8, 4) is 11.5 Å². The first-order valence-electron chi connectivity index (χ1n) is 8.51. The highest BCUT2D eigenvalue weighted by Gasteiger charge is 2.17. The summed E-state index contributed by atoms with van der Waals surface area (Å²) in [5, 5.41) is 15.9. The number of hydrogen-bond acceptors (Lipinski definition) is 7. The Hall–Kier alpha value is -3.25. The quantitative estimate of drug-likeness (QED) is 0.498. The summed E-state index contributed by atoms with van der Waals surface area (Å²) in [6.45, 7) is 0.167. The summed E-state index contributed by atoms with van der Waals surface area (Å²) >= 11 is 4.17. The fourth-order valence-corrected chi connectivity index (χ4v) is 3.50. The number of carbonyl (C=O) groups excluding carboxylic acids is 2. The summed E-state index contributed by atoms with van der Waals surface area (Å²) in [5.74, 6) is 0.138. The van der Waals surface area contributed by atoms with Gasteiger partial charge >= 0.3 is 6.03 Å². The van der Waals surface area contributed by atoms with E-state index < -0.39 is 17.8 Å². The minimum absolute atomic E-state index is 0.0267. The lowest BCUT2D eigenvalue weighted by atomic mass is 10.3. The Bertz CT molecular complexity index is 1130. The summed E-state index contributed by atoms with van der Waals surface area (Å²) in [5.41, 5.74) is 0.562. The lowest BCUT2D eigenvalue weighted by Crippen LogP contribution is -2.28. The van der Waals surface area contributed by atoms with E-state index in [1.807, 2.05) is 0 Å². The van der Waals surface area contributed by atoms with E-state index in [-0.39, 0.29) is 24.0 Å². The third-order valence-electron chi connectivity index (χ3n) is 3.87. The van der Waals surface area contributed by atoms with Crippen molar-refractivity contribution in [2.75, 3.05) is 17.4 Å². The van der Waals surface area contributed by atoms with Crippen LogP contribution in [0.1, 0.15) is 14.8 Å². The summed E-state index contributed by atoms with van der Waals surface area (Å²) in [6, 6.07) is 8.69. The van der Waals surface area contributed by atoms with E-state index in [9.17, 15) is 14.0 Å². The van der Waals surface area contributed by atoms with Crippen molar-refractivity contribution in [3.05, 3.63) is 56.7 Å². The van der Waals surface area contributed by atoms with Gasteiger partial charge in [0.1, 0.15) is 10.8 Å². The number of anilines is 2. The number of urea groups is 1. The normalized spacial score (nSPS) is 11.8. The Morgan fingerprint density at radius 1 is 1.10 bits per heavy atom. The van der Waals surface area contributed by atoms with Gasteiger partial charge in [0.25, 0.3) is 5.91 Å². The molecule has 30 heavy (non-hydrogen) atoms. The number of carbonyl (C=O) groups is 2. The Balaban J connectivity index is 1.31. The Labute approximate surface area is 181 Å². The van der Waals surface area contributed by atoms with Gasteiger partial charge in [-0.3, -0.25) is 4.79 Å². The van der Waals surface area contributed by atoms with E-state index in [0.717, 1.165) is 11.3 Å². The number of hydrogen-bond donors (Lipinski definition) is 3. The first-order valence-corrected chi connectivity index (χ1v) is 10.1. The van der Waals surface area contributed by atoms with Crippen molar-refractivity contribution in [3.63, 3.8) is 0 Å². The van der Waals surface area contributed by atoms with Crippen LogP contribution in [0, 0.1) is 5.82 Å². The molecule has 0 saturated heterocycles. The zero-order valence-corrected chi connectivity index (χ0v) is 17.5. The van der Waals surface area contributed by atoms with E-state index in [2.05, 4.69) is 42.1 Å². The van der Waals surface area contributed by atoms with E-state index in [1.54, 1.807) is 24.3 Å². The molecule has 3 amide bonds. The molecule has 0 spiro atoms. The van der Waals surface area contributed by atoms with Crippen LogP contribution in [-0.4, -0.2) is 28.9 Å². The van der Waals surface area contributed by atoms with Crippen molar-refractivity contribution in [1.82, 2.24) is 15.5 Å². The van der Waals surface area contributed by atoms with Gasteiger partial charge in [0.15, 0.2) is 11.5 Å². The maximum absolute atomic E-state index is 13.8. The van der Waals surface area contributed by atoms with E-state index in [4.69, 9.17) is 9.47 Å². The number of benzene rings is 2. The van der Waals surface area contributed by atoms with Gasteiger partial charge in [0.2, 0.25) is 11.8 Å². The molecule has 2 aromatic carbocycles. The maximum Gasteiger partial charge on any atom is 0.319 e. The van der Waals surface area contributed by atoms with Crippen molar-refractivity contribution < 1.29 is 23.5 Å². The van der Waals surface area contributed by atoms with Crippen LogP contribution < -0.4 is 25.4 Å². The molecule has 9 nitrogen and oxygen atoms in total. The number of halogens is 2. The zero-order valence-electron chi connectivity index (χ0n) is 15.1. The molecular formula is C18H13BrFN5O4S. The summed E-state index contributed by atoms with van der Waals surface area (Å²) in [4.78, 5) is 24.3. The number of rotatable bonds is 5. The molecule has 1 aliphatic rings. The minimum atomic E-state index is -0.613. The Morgan fingerprint density at radius 2 is 1.93 bits per heavy atom. The molecule has 3 N–H and O–H groups in total. The second kappa shape index (κ2) is 8.63. The predicted octanol–water partition coefficient (Wildman–Crippen LogP) is 3.74. The van der Waals surface area contributed by atoms with Gasteiger partial charge < -0.3 is 25.4 Å². The monoisotopic (exact) mass is 493 g/mol. The molecule has 1 aromatic heterocycles. The van der Waals surface area contributed by atoms with Gasteiger partial charge in [0, 0.05) is 16.2 Å². The number of aromatic nitrogens is 2. The molecule has 0 fully saturated rings. The van der Waals surface area contributed by atoms with Crippen molar-refractivity contribution >= 4 is 50.6 Å². The summed E-state index contributed by atoms with van der Waals surface area (Å²) in [6.07, 6.45) is 0. The molecule has 0 unspecified atom stereocenters. The van der Waals surface area contributed by atoms with Crippen LogP contribution in [0.25, 0.3) is 0 Å². The number of fused-ring (bicyclic) bond motifs is 1. The van der Waals surface area contributed by atoms with Crippen LogP contribution >= 0.6 is 27.3 Å². The van der Waals surface area contributed by atoms with E-state index in [1.165, 1.54) is 12.1 Å². The number of ether oxygens (including phenoxy) is 2. The third kappa shape index (κ3) is 4.66. The summed E-state index contributed by atoms with van der Waals surface area (Å²) in [7, 11) is 0. The van der Waals surface area contributed by atoms with Gasteiger partial charge in [-0.1, -0.05) is 27.3 Å². The van der Waals surface area contributed by atoms with Gasteiger partial charge in [0.05, 0.1) is 12.2 Å². The molecule has 0 saturated carbocycles. The molecule has 2 heterocycles. The fourth-order valence-electron chi connectivity index (χ4n) is 2.49. The minimum Gasteiger partial charge on any atom is -0.454 e. The SMILES string of the molecule is O=C(NCc1nnc(C(=O)Nc2ccc3c(c2)OCO3)s1)Nc1ccc(Br)cc1F. The van der Waals surface area contributed by atoms with Crippen LogP contribution in [0.2, 0.25) is 0 Å². The smallest absolute Gasteiger partial charge is 0.319 e. The molecular weight excluding hydrogens is 481 g/mol. The fraction of sp³-hybridized carbons (Fsp3) is 0.111. The molecule has 154 valence electrons. The zero-order chi connectivity index (χ0) is 21.1. The Morgan fingerprint density at radius 3 is 2.77 bits per heavy atom. The van der Waals surface area contributed by atoms with Gasteiger partial charge in [-0.05, 0) is 30.3 Å². The molecule has 0 radical (unpaired) electrons. The molecule has 0 aliphatic carbocycles. The van der Waals surface area contributed by atoms with Crippen LogP contribution in [0.4, 0.5) is 20.6 Å². The van der Waals surface area contributed by atoms with E-state index in [0.29, 0.717) is 26.7 Å². The molecule has 3 aromatic rings. The second-order valence-corrected chi connectivity index (χ2v) is 7.93. The molecule has 1 aliphatic heterocycles. The highest BCUT2D eigenvalue weighted by molar-refractivity contribution is 9.10. The molecule has 0 atom stereocenters. The average molecular weight is 494 g/mol. The van der Waals surface area contributed by atoms with Crippen LogP contribution in [-0.2, 0) is 6.54 Å². The van der Waals surface area contributed by atoms with E-state index >= 15 is 0 Å². The standard InChI is InChI=1S/C18H13BrFN5O4S/c19-9-1-3-12(11(20)5-9)23-18(27)21-7-15-24-25-17(30-15)16(26)22-10-2-4-13-14(6-10)29-8-28-13/h1-6H,7-8H2,(H,22,26)(H2,21,23,27). The largest absolute Gasteiger partial charge is 0.454 e. The lowest BCUT2D eigenvalue weighted by Gasteiger charge is -2.07. The number of nitrogens with one attached hydrogen (secondary N) is 3. The summed E-state index contributed by atoms with van der Waals surface area (Å²) < 4.78 is 24.8. The second-order valence-electron chi connectivity index (χ2n) is 5.95. The third-order valence-corrected chi connectivity index (χ3v) is 5.29. The first kappa shape index (κ1) is 20.0. The van der Waals surface area contributed by atoms with Crippen molar-refractivity contribution in [1.29, 1.82) is 0 Å². The number of amides is 3. The average Bonchev–Trinajstić information content (AvgIpc) is 3.37.